The summed E-state index contributed by atoms with van der Waals surface area (Å²) in [6.45, 7) is 4.13. The summed E-state index contributed by atoms with van der Waals surface area (Å²) in [6.07, 6.45) is 0. The molecule has 1 saturated heterocycles. The van der Waals surface area contributed by atoms with E-state index in [0.717, 1.165) is 44.1 Å². The van der Waals surface area contributed by atoms with Crippen LogP contribution < -0.4 is 5.73 Å². The molecule has 0 radical (unpaired) electrons. The largest absolute Gasteiger partial charge is 0.379 e. The molecule has 0 atom stereocenters. The summed E-state index contributed by atoms with van der Waals surface area (Å²) in [4.78, 5) is 14.6. The third kappa shape index (κ3) is 3.54. The molecule has 2 aliphatic rings. The number of carbonyl (C=O) groups is 1. The van der Waals surface area contributed by atoms with Crippen molar-refractivity contribution in [1.82, 2.24) is 14.7 Å². The summed E-state index contributed by atoms with van der Waals surface area (Å²) < 4.78 is 32.6. The van der Waals surface area contributed by atoms with Crippen molar-refractivity contribution in [1.29, 1.82) is 0 Å². The molecule has 0 spiro atoms. The minimum Gasteiger partial charge on any atom is -0.379 e. The summed E-state index contributed by atoms with van der Waals surface area (Å²) >= 11 is 0. The molecule has 1 aromatic heterocycles. The van der Waals surface area contributed by atoms with E-state index < -0.39 is 15.7 Å². The second kappa shape index (κ2) is 7.60. The van der Waals surface area contributed by atoms with Crippen LogP contribution in [0.1, 0.15) is 21.6 Å². The van der Waals surface area contributed by atoms with Crippen molar-refractivity contribution in [3.63, 3.8) is 0 Å². The molecule has 0 saturated carbocycles. The van der Waals surface area contributed by atoms with Crippen molar-refractivity contribution < 1.29 is 17.9 Å². The first-order valence-electron chi connectivity index (χ1n) is 10.1. The predicted molar refractivity (Wildman–Crippen MR) is 115 cm³/mol. The molecular weight excluding hydrogens is 416 g/mol. The topological polar surface area (TPSA) is 108 Å². The average Bonchev–Trinajstić information content (AvgIpc) is 3.14. The SMILES string of the molecule is NC(=O)c1nn(-c2ccc(CN3CCOCC3)cc2)c2c1CS(=O)(=O)c1ccccc1-2. The molecule has 1 amide bonds. The maximum atomic E-state index is 12.8. The summed E-state index contributed by atoms with van der Waals surface area (Å²) in [6, 6.07) is 14.7. The molecule has 0 bridgehead atoms. The van der Waals surface area contributed by atoms with Crippen molar-refractivity contribution in [2.75, 3.05) is 26.3 Å². The Morgan fingerprint density at radius 3 is 2.48 bits per heavy atom. The molecule has 31 heavy (non-hydrogen) atoms. The van der Waals surface area contributed by atoms with E-state index in [1.54, 1.807) is 28.9 Å². The number of morpholine rings is 1. The second-order valence-corrected chi connectivity index (χ2v) is 9.72. The maximum Gasteiger partial charge on any atom is 0.269 e. The van der Waals surface area contributed by atoms with Gasteiger partial charge in [0.15, 0.2) is 15.5 Å². The van der Waals surface area contributed by atoms with E-state index in [4.69, 9.17) is 10.5 Å². The normalized spacial score (nSPS) is 17.7. The second-order valence-electron chi connectivity index (χ2n) is 7.76. The van der Waals surface area contributed by atoms with E-state index in [1.165, 1.54) is 0 Å². The number of nitrogens with two attached hydrogens (primary N) is 1. The van der Waals surface area contributed by atoms with Crippen molar-refractivity contribution in [3.8, 4) is 16.9 Å². The third-order valence-corrected chi connectivity index (χ3v) is 7.41. The van der Waals surface area contributed by atoms with Crippen molar-refractivity contribution in [2.24, 2.45) is 5.73 Å². The van der Waals surface area contributed by atoms with Gasteiger partial charge in [-0.3, -0.25) is 9.69 Å². The molecule has 0 unspecified atom stereocenters. The molecule has 2 N–H and O–H groups in total. The van der Waals surface area contributed by atoms with Crippen LogP contribution in [0.25, 0.3) is 16.9 Å². The van der Waals surface area contributed by atoms with Gasteiger partial charge in [0.05, 0.1) is 35.2 Å². The maximum absolute atomic E-state index is 12.8. The highest BCUT2D eigenvalue weighted by Gasteiger charge is 2.35. The van der Waals surface area contributed by atoms with Gasteiger partial charge in [0.25, 0.3) is 5.91 Å². The van der Waals surface area contributed by atoms with Crippen LogP contribution in [0, 0.1) is 0 Å². The lowest BCUT2D eigenvalue weighted by atomic mass is 10.1. The zero-order valence-corrected chi connectivity index (χ0v) is 17.6. The molecule has 3 heterocycles. The molecule has 8 nitrogen and oxygen atoms in total. The summed E-state index contributed by atoms with van der Waals surface area (Å²) in [5.74, 6) is -1.04. The predicted octanol–water partition coefficient (Wildman–Crippen LogP) is 1.76. The van der Waals surface area contributed by atoms with Gasteiger partial charge in [-0.25, -0.2) is 13.1 Å². The molecule has 160 valence electrons. The molecule has 2 aliphatic heterocycles. The third-order valence-electron chi connectivity index (χ3n) is 5.72. The number of nitrogens with zero attached hydrogens (tertiary/aromatic N) is 3. The van der Waals surface area contributed by atoms with Gasteiger partial charge in [-0.1, -0.05) is 30.3 Å². The van der Waals surface area contributed by atoms with Crippen LogP contribution in [0.4, 0.5) is 0 Å². The number of sulfone groups is 1. The van der Waals surface area contributed by atoms with Crippen molar-refractivity contribution in [2.45, 2.75) is 17.2 Å². The van der Waals surface area contributed by atoms with E-state index in [2.05, 4.69) is 10.00 Å². The van der Waals surface area contributed by atoms with Crippen LogP contribution >= 0.6 is 0 Å². The monoisotopic (exact) mass is 438 g/mol. The fourth-order valence-electron chi connectivity index (χ4n) is 4.21. The Balaban J connectivity index is 1.58. The summed E-state index contributed by atoms with van der Waals surface area (Å²) in [5, 5.41) is 4.42. The first-order chi connectivity index (χ1) is 14.9. The standard InChI is InChI=1S/C22H22N4O4S/c23-22(27)20-18-14-31(28,29)19-4-2-1-3-17(19)21(18)26(24-20)16-7-5-15(6-8-16)13-25-9-11-30-12-10-25/h1-8H,9-14H2,(H2,23,27). The number of benzene rings is 2. The highest BCUT2D eigenvalue weighted by Crippen LogP contribution is 2.40. The number of carbonyl (C=O) groups excluding carboxylic acids is 1. The summed E-state index contributed by atoms with van der Waals surface area (Å²) in [5.41, 5.74) is 8.91. The molecule has 3 aromatic rings. The van der Waals surface area contributed by atoms with Gasteiger partial charge >= 0.3 is 0 Å². The molecule has 5 rings (SSSR count). The quantitative estimate of drug-likeness (QED) is 0.665. The van der Waals surface area contributed by atoms with Crippen LogP contribution in [-0.2, 0) is 26.9 Å². The zero-order valence-electron chi connectivity index (χ0n) is 16.8. The first-order valence-corrected chi connectivity index (χ1v) is 11.7. The number of hydrogen-bond acceptors (Lipinski definition) is 6. The Morgan fingerprint density at radius 1 is 1.06 bits per heavy atom. The lowest BCUT2D eigenvalue weighted by molar-refractivity contribution is 0.0342. The number of rotatable bonds is 4. The Kier molecular flexibility index (Phi) is 4.88. The van der Waals surface area contributed by atoms with Gasteiger partial charge in [0.1, 0.15) is 0 Å². The van der Waals surface area contributed by atoms with Crippen LogP contribution in [-0.4, -0.2) is 55.3 Å². The fourth-order valence-corrected chi connectivity index (χ4v) is 5.80. The van der Waals surface area contributed by atoms with Gasteiger partial charge in [-0.15, -0.1) is 0 Å². The van der Waals surface area contributed by atoms with Crippen LogP contribution in [0.15, 0.2) is 53.4 Å². The molecule has 0 aliphatic carbocycles. The molecular formula is C22H22N4O4S. The van der Waals surface area contributed by atoms with Crippen molar-refractivity contribution in [3.05, 3.63) is 65.4 Å². The zero-order chi connectivity index (χ0) is 21.6. The Hall–Kier alpha value is -3.01. The lowest BCUT2D eigenvalue weighted by Crippen LogP contribution is -2.35. The number of aromatic nitrogens is 2. The minimum atomic E-state index is -3.58. The molecule has 9 heteroatoms. The number of primary amides is 1. The Morgan fingerprint density at radius 2 is 1.77 bits per heavy atom. The molecule has 2 aromatic carbocycles. The van der Waals surface area contributed by atoms with Crippen LogP contribution in [0.2, 0.25) is 0 Å². The van der Waals surface area contributed by atoms with Gasteiger partial charge in [-0.05, 0) is 23.8 Å². The van der Waals surface area contributed by atoms with E-state index in [1.807, 2.05) is 24.3 Å². The average molecular weight is 439 g/mol. The van der Waals surface area contributed by atoms with Crippen LogP contribution in [0.3, 0.4) is 0 Å². The van der Waals surface area contributed by atoms with E-state index in [9.17, 15) is 13.2 Å². The number of hydrogen-bond donors (Lipinski definition) is 1. The highest BCUT2D eigenvalue weighted by molar-refractivity contribution is 7.90. The smallest absolute Gasteiger partial charge is 0.269 e. The minimum absolute atomic E-state index is 0.00882. The van der Waals surface area contributed by atoms with E-state index >= 15 is 0 Å². The number of fused-ring (bicyclic) bond motifs is 3. The lowest BCUT2D eigenvalue weighted by Gasteiger charge is -2.26. The van der Waals surface area contributed by atoms with Crippen molar-refractivity contribution >= 4 is 15.7 Å². The van der Waals surface area contributed by atoms with Gasteiger partial charge in [0, 0.05) is 30.8 Å². The number of ether oxygens (including phenoxy) is 1. The Bertz CT molecular complexity index is 1260. The summed E-state index contributed by atoms with van der Waals surface area (Å²) in [7, 11) is -3.58. The fraction of sp³-hybridized carbons (Fsp3) is 0.273. The van der Waals surface area contributed by atoms with Gasteiger partial charge < -0.3 is 10.5 Å². The van der Waals surface area contributed by atoms with Gasteiger partial charge in [0.2, 0.25) is 0 Å². The van der Waals surface area contributed by atoms with E-state index in [0.29, 0.717) is 16.8 Å². The highest BCUT2D eigenvalue weighted by atomic mass is 32.2. The molecule has 1 fully saturated rings. The number of amides is 1. The van der Waals surface area contributed by atoms with Crippen LogP contribution in [0.5, 0.6) is 0 Å². The Labute approximate surface area is 180 Å². The van der Waals surface area contributed by atoms with E-state index in [-0.39, 0.29) is 16.3 Å². The van der Waals surface area contributed by atoms with Gasteiger partial charge in [-0.2, -0.15) is 5.10 Å². The first kappa shape index (κ1) is 19.9.